The summed E-state index contributed by atoms with van der Waals surface area (Å²) in [4.78, 5) is 29.2. The van der Waals surface area contributed by atoms with Crippen molar-refractivity contribution in [3.8, 4) is 11.5 Å². The van der Waals surface area contributed by atoms with Crippen molar-refractivity contribution in [1.29, 1.82) is 0 Å². The lowest BCUT2D eigenvalue weighted by Crippen LogP contribution is -2.55. The highest BCUT2D eigenvalue weighted by molar-refractivity contribution is 5.94. The smallest absolute Gasteiger partial charge is 0.251 e. The molecule has 2 aliphatic rings. The van der Waals surface area contributed by atoms with Gasteiger partial charge in [0, 0.05) is 38.5 Å². The van der Waals surface area contributed by atoms with Gasteiger partial charge in [-0.2, -0.15) is 0 Å². The van der Waals surface area contributed by atoms with E-state index >= 15 is 0 Å². The molecule has 4 rings (SSSR count). The zero-order valence-electron chi connectivity index (χ0n) is 17.8. The van der Waals surface area contributed by atoms with Crippen LogP contribution in [0.3, 0.4) is 0 Å². The van der Waals surface area contributed by atoms with Gasteiger partial charge >= 0.3 is 0 Å². The first-order valence-electron chi connectivity index (χ1n) is 10.9. The number of amides is 2. The maximum atomic E-state index is 12.7. The summed E-state index contributed by atoms with van der Waals surface area (Å²) < 4.78 is 11.3. The van der Waals surface area contributed by atoms with Crippen molar-refractivity contribution in [2.45, 2.75) is 31.9 Å². The third kappa shape index (κ3) is 5.42. The van der Waals surface area contributed by atoms with Gasteiger partial charge in [-0.05, 0) is 56.2 Å². The second kappa shape index (κ2) is 9.94. The summed E-state index contributed by atoms with van der Waals surface area (Å²) in [6.45, 7) is 5.18. The molecule has 0 aromatic heterocycles. The fraction of sp³-hybridized carbons (Fsp3) is 0.417. The SMILES string of the molecule is C[C@H](C(=O)Nc1ccc(Oc2ccccc2)cc1)N1CCN(C(=O)[C@H]2CCCO2)CC1. The van der Waals surface area contributed by atoms with Crippen molar-refractivity contribution in [2.75, 3.05) is 38.1 Å². The van der Waals surface area contributed by atoms with Crippen LogP contribution in [0.1, 0.15) is 19.8 Å². The van der Waals surface area contributed by atoms with Crippen LogP contribution in [0, 0.1) is 0 Å². The zero-order chi connectivity index (χ0) is 21.6. The minimum absolute atomic E-state index is 0.0596. The molecule has 2 aromatic carbocycles. The van der Waals surface area contributed by atoms with E-state index in [0.29, 0.717) is 38.5 Å². The number of para-hydroxylation sites is 1. The largest absolute Gasteiger partial charge is 0.457 e. The Morgan fingerprint density at radius 2 is 1.68 bits per heavy atom. The van der Waals surface area contributed by atoms with E-state index in [2.05, 4.69) is 10.2 Å². The van der Waals surface area contributed by atoms with Crippen LogP contribution in [-0.2, 0) is 14.3 Å². The van der Waals surface area contributed by atoms with Gasteiger partial charge in [-0.25, -0.2) is 0 Å². The number of carbonyl (C=O) groups is 2. The fourth-order valence-corrected chi connectivity index (χ4v) is 3.95. The molecule has 0 bridgehead atoms. The lowest BCUT2D eigenvalue weighted by molar-refractivity contribution is -0.143. The van der Waals surface area contributed by atoms with Gasteiger partial charge in [-0.1, -0.05) is 18.2 Å². The minimum atomic E-state index is -0.278. The Labute approximate surface area is 182 Å². The Morgan fingerprint density at radius 3 is 2.32 bits per heavy atom. The number of hydrogen-bond acceptors (Lipinski definition) is 5. The minimum Gasteiger partial charge on any atom is -0.457 e. The third-order valence-electron chi connectivity index (χ3n) is 5.86. The molecule has 2 amide bonds. The van der Waals surface area contributed by atoms with E-state index in [9.17, 15) is 9.59 Å². The predicted molar refractivity (Wildman–Crippen MR) is 118 cm³/mol. The summed E-state index contributed by atoms with van der Waals surface area (Å²) in [5.41, 5.74) is 0.726. The average molecular weight is 424 g/mol. The third-order valence-corrected chi connectivity index (χ3v) is 5.86. The normalized spacial score (nSPS) is 20.3. The Balaban J connectivity index is 1.25. The van der Waals surface area contributed by atoms with Crippen LogP contribution in [-0.4, -0.2) is 66.5 Å². The van der Waals surface area contributed by atoms with Gasteiger partial charge in [-0.15, -0.1) is 0 Å². The van der Waals surface area contributed by atoms with Crippen molar-refractivity contribution in [3.05, 3.63) is 54.6 Å². The molecule has 7 heteroatoms. The summed E-state index contributed by atoms with van der Waals surface area (Å²) in [5.74, 6) is 1.51. The molecule has 0 radical (unpaired) electrons. The second-order valence-corrected chi connectivity index (χ2v) is 7.97. The summed E-state index contributed by atoms with van der Waals surface area (Å²) in [6.07, 6.45) is 1.49. The predicted octanol–water partition coefficient (Wildman–Crippen LogP) is 3.13. The fourth-order valence-electron chi connectivity index (χ4n) is 3.95. The Kier molecular flexibility index (Phi) is 6.84. The van der Waals surface area contributed by atoms with Crippen LogP contribution in [0.4, 0.5) is 5.69 Å². The first kappa shape index (κ1) is 21.3. The second-order valence-electron chi connectivity index (χ2n) is 7.97. The molecule has 0 unspecified atom stereocenters. The number of hydrogen-bond donors (Lipinski definition) is 1. The monoisotopic (exact) mass is 423 g/mol. The molecule has 31 heavy (non-hydrogen) atoms. The van der Waals surface area contributed by atoms with Crippen LogP contribution < -0.4 is 10.1 Å². The summed E-state index contributed by atoms with van der Waals surface area (Å²) in [7, 11) is 0. The van der Waals surface area contributed by atoms with Gasteiger partial charge < -0.3 is 19.7 Å². The maximum absolute atomic E-state index is 12.7. The molecular formula is C24H29N3O4. The zero-order valence-corrected chi connectivity index (χ0v) is 17.8. The van der Waals surface area contributed by atoms with E-state index in [1.165, 1.54) is 0 Å². The van der Waals surface area contributed by atoms with E-state index in [0.717, 1.165) is 24.3 Å². The Morgan fingerprint density at radius 1 is 1.00 bits per heavy atom. The van der Waals surface area contributed by atoms with Crippen molar-refractivity contribution in [3.63, 3.8) is 0 Å². The van der Waals surface area contributed by atoms with Crippen molar-refractivity contribution in [2.24, 2.45) is 0 Å². The van der Waals surface area contributed by atoms with Crippen molar-refractivity contribution in [1.82, 2.24) is 9.80 Å². The maximum Gasteiger partial charge on any atom is 0.251 e. The number of nitrogens with one attached hydrogen (secondary N) is 1. The number of benzene rings is 2. The molecule has 2 atom stereocenters. The van der Waals surface area contributed by atoms with Gasteiger partial charge in [0.2, 0.25) is 5.91 Å². The lowest BCUT2D eigenvalue weighted by Gasteiger charge is -2.38. The van der Waals surface area contributed by atoms with Crippen LogP contribution in [0.25, 0.3) is 0 Å². The van der Waals surface area contributed by atoms with Crippen LogP contribution in [0.15, 0.2) is 54.6 Å². The molecule has 0 aliphatic carbocycles. The first-order valence-corrected chi connectivity index (χ1v) is 10.9. The molecule has 2 fully saturated rings. The lowest BCUT2D eigenvalue weighted by atomic mass is 10.1. The van der Waals surface area contributed by atoms with Crippen molar-refractivity contribution < 1.29 is 19.1 Å². The number of carbonyl (C=O) groups excluding carboxylic acids is 2. The summed E-state index contributed by atoms with van der Waals surface area (Å²) in [6, 6.07) is 16.6. The Hall–Kier alpha value is -2.90. The van der Waals surface area contributed by atoms with Crippen LogP contribution in [0.2, 0.25) is 0 Å². The summed E-state index contributed by atoms with van der Waals surface area (Å²) in [5, 5.41) is 2.97. The highest BCUT2D eigenvalue weighted by Gasteiger charge is 2.32. The van der Waals surface area contributed by atoms with Gasteiger partial charge in [0.1, 0.15) is 17.6 Å². The van der Waals surface area contributed by atoms with E-state index in [1.807, 2.05) is 66.4 Å². The van der Waals surface area contributed by atoms with Gasteiger partial charge in [0.25, 0.3) is 5.91 Å². The molecule has 0 spiro atoms. The number of ether oxygens (including phenoxy) is 2. The molecule has 7 nitrogen and oxygen atoms in total. The number of piperazine rings is 1. The van der Waals surface area contributed by atoms with Gasteiger partial charge in [0.15, 0.2) is 0 Å². The Bertz CT molecular complexity index is 873. The highest BCUT2D eigenvalue weighted by atomic mass is 16.5. The molecule has 2 aromatic rings. The topological polar surface area (TPSA) is 71.1 Å². The van der Waals surface area contributed by atoms with Gasteiger partial charge in [0.05, 0.1) is 6.04 Å². The number of anilines is 1. The molecule has 1 N–H and O–H groups in total. The molecule has 2 aliphatic heterocycles. The molecule has 164 valence electrons. The van der Waals surface area contributed by atoms with E-state index in [1.54, 1.807) is 0 Å². The molecule has 0 saturated carbocycles. The summed E-state index contributed by atoms with van der Waals surface area (Å²) >= 11 is 0. The van der Waals surface area contributed by atoms with Crippen molar-refractivity contribution >= 4 is 17.5 Å². The average Bonchev–Trinajstić information content (AvgIpc) is 3.35. The molecule has 2 heterocycles. The quantitative estimate of drug-likeness (QED) is 0.773. The molecule has 2 saturated heterocycles. The van der Waals surface area contributed by atoms with Gasteiger partial charge in [-0.3, -0.25) is 14.5 Å². The standard InChI is InChI=1S/C24H29N3O4/c1-18(26-13-15-27(16-14-26)24(29)22-8-5-17-30-22)23(28)25-19-9-11-21(12-10-19)31-20-6-3-2-4-7-20/h2-4,6-7,9-12,18,22H,5,8,13-17H2,1H3,(H,25,28)/t18-,22-/m1/s1. The van der Waals surface area contributed by atoms with Crippen LogP contribution in [0.5, 0.6) is 11.5 Å². The van der Waals surface area contributed by atoms with E-state index in [4.69, 9.17) is 9.47 Å². The number of rotatable bonds is 6. The highest BCUT2D eigenvalue weighted by Crippen LogP contribution is 2.23. The van der Waals surface area contributed by atoms with E-state index < -0.39 is 0 Å². The number of nitrogens with zero attached hydrogens (tertiary/aromatic N) is 2. The van der Waals surface area contributed by atoms with Crippen LogP contribution >= 0.6 is 0 Å². The first-order chi connectivity index (χ1) is 15.1. The van der Waals surface area contributed by atoms with E-state index in [-0.39, 0.29) is 24.0 Å². The molecular weight excluding hydrogens is 394 g/mol.